The molecule has 6 nitrogen and oxygen atoms in total. The Morgan fingerprint density at radius 3 is 2.94 bits per heavy atom. The highest BCUT2D eigenvalue weighted by molar-refractivity contribution is 5.90. The largest absolute Gasteiger partial charge is 0.396 e. The summed E-state index contributed by atoms with van der Waals surface area (Å²) < 4.78 is 4.73. The van der Waals surface area contributed by atoms with Gasteiger partial charge in [-0.25, -0.2) is 0 Å². The maximum atomic E-state index is 11.7. The van der Waals surface area contributed by atoms with Crippen LogP contribution in [0.2, 0.25) is 0 Å². The summed E-state index contributed by atoms with van der Waals surface area (Å²) in [6.07, 6.45) is 2.79. The molecule has 0 saturated heterocycles. The van der Waals surface area contributed by atoms with Gasteiger partial charge in [0.2, 0.25) is 5.89 Å². The highest BCUT2D eigenvalue weighted by Gasteiger charge is 2.32. The van der Waals surface area contributed by atoms with Crippen LogP contribution in [0.1, 0.15) is 35.8 Å². The Morgan fingerprint density at radius 2 is 2.44 bits per heavy atom. The molecule has 0 bridgehead atoms. The molecule has 1 atom stereocenters. The Labute approximate surface area is 93.0 Å². The lowest BCUT2D eigenvalue weighted by Crippen LogP contribution is -2.37. The molecule has 0 aromatic carbocycles. The third kappa shape index (κ3) is 2.57. The molecule has 6 heteroatoms. The summed E-state index contributed by atoms with van der Waals surface area (Å²) in [6.45, 7) is 1.71. The van der Waals surface area contributed by atoms with Gasteiger partial charge in [-0.3, -0.25) is 4.79 Å². The molecule has 1 aromatic heterocycles. The van der Waals surface area contributed by atoms with Gasteiger partial charge in [0.15, 0.2) is 0 Å². The van der Waals surface area contributed by atoms with Crippen LogP contribution >= 0.6 is 0 Å². The summed E-state index contributed by atoms with van der Waals surface area (Å²) in [4.78, 5) is 15.5. The number of nitrogens with one attached hydrogen (secondary N) is 1. The van der Waals surface area contributed by atoms with Gasteiger partial charge in [-0.15, -0.1) is 0 Å². The second-order valence-electron chi connectivity index (χ2n) is 4.07. The molecule has 2 rings (SSSR count). The maximum Gasteiger partial charge on any atom is 0.292 e. The van der Waals surface area contributed by atoms with E-state index in [4.69, 9.17) is 9.63 Å². The molecule has 1 heterocycles. The fourth-order valence-corrected chi connectivity index (χ4v) is 1.69. The van der Waals surface area contributed by atoms with E-state index in [2.05, 4.69) is 15.5 Å². The zero-order chi connectivity index (χ0) is 11.5. The van der Waals surface area contributed by atoms with Crippen LogP contribution < -0.4 is 5.32 Å². The maximum absolute atomic E-state index is 11.7. The average Bonchev–Trinajstić information content (AvgIpc) is 3.00. The Hall–Kier alpha value is -1.43. The molecule has 1 aliphatic rings. The SMILES string of the molecule is Cc1nc(C(=O)NC(CCO)C2CC2)no1. The van der Waals surface area contributed by atoms with Crippen molar-refractivity contribution in [3.63, 3.8) is 0 Å². The van der Waals surface area contributed by atoms with E-state index in [9.17, 15) is 4.79 Å². The van der Waals surface area contributed by atoms with Crippen molar-refractivity contribution in [1.82, 2.24) is 15.5 Å². The first-order valence-electron chi connectivity index (χ1n) is 5.42. The number of aromatic nitrogens is 2. The minimum atomic E-state index is -0.331. The molecular weight excluding hydrogens is 210 g/mol. The molecule has 1 aliphatic carbocycles. The number of nitrogens with zero attached hydrogens (tertiary/aromatic N) is 2. The summed E-state index contributed by atoms with van der Waals surface area (Å²) in [5.74, 6) is 0.586. The number of aryl methyl sites for hydroxylation is 1. The number of carbonyl (C=O) groups excluding carboxylic acids is 1. The van der Waals surface area contributed by atoms with Gasteiger partial charge < -0.3 is 14.9 Å². The first-order valence-corrected chi connectivity index (χ1v) is 5.42. The summed E-state index contributed by atoms with van der Waals surface area (Å²) in [5, 5.41) is 15.3. The summed E-state index contributed by atoms with van der Waals surface area (Å²) in [5.41, 5.74) is 0. The third-order valence-corrected chi connectivity index (χ3v) is 2.68. The quantitative estimate of drug-likeness (QED) is 0.750. The normalized spacial score (nSPS) is 17.1. The van der Waals surface area contributed by atoms with E-state index in [1.54, 1.807) is 6.92 Å². The second-order valence-corrected chi connectivity index (χ2v) is 4.07. The molecule has 1 amide bonds. The molecule has 1 aromatic rings. The minimum Gasteiger partial charge on any atom is -0.396 e. The van der Waals surface area contributed by atoms with Crippen LogP contribution in [0.4, 0.5) is 0 Å². The molecular formula is C10H15N3O3. The van der Waals surface area contributed by atoms with Crippen molar-refractivity contribution in [2.45, 2.75) is 32.2 Å². The van der Waals surface area contributed by atoms with Crippen LogP contribution in [0, 0.1) is 12.8 Å². The van der Waals surface area contributed by atoms with Gasteiger partial charge >= 0.3 is 0 Å². The molecule has 0 spiro atoms. The number of amides is 1. The van der Waals surface area contributed by atoms with E-state index in [1.165, 1.54) is 0 Å². The standard InChI is InChI=1S/C10H15N3O3/c1-6-11-9(13-16-6)10(15)12-8(4-5-14)7-2-3-7/h7-8,14H,2-5H2,1H3,(H,12,15). The molecule has 16 heavy (non-hydrogen) atoms. The van der Waals surface area contributed by atoms with E-state index in [0.29, 0.717) is 18.2 Å². The molecule has 0 aliphatic heterocycles. The predicted molar refractivity (Wildman–Crippen MR) is 54.7 cm³/mol. The van der Waals surface area contributed by atoms with Crippen molar-refractivity contribution in [2.75, 3.05) is 6.61 Å². The van der Waals surface area contributed by atoms with Gasteiger partial charge in [0.1, 0.15) is 0 Å². The van der Waals surface area contributed by atoms with E-state index in [0.717, 1.165) is 12.8 Å². The Bertz CT molecular complexity index is 373. The van der Waals surface area contributed by atoms with Crippen LogP contribution in [-0.2, 0) is 0 Å². The Morgan fingerprint density at radius 1 is 1.69 bits per heavy atom. The number of hydrogen-bond donors (Lipinski definition) is 2. The Balaban J connectivity index is 1.94. The third-order valence-electron chi connectivity index (χ3n) is 2.68. The number of aliphatic hydroxyl groups is 1. The van der Waals surface area contributed by atoms with Crippen molar-refractivity contribution in [2.24, 2.45) is 5.92 Å². The van der Waals surface area contributed by atoms with Crippen molar-refractivity contribution >= 4 is 5.91 Å². The van der Waals surface area contributed by atoms with Gasteiger partial charge in [-0.1, -0.05) is 5.16 Å². The van der Waals surface area contributed by atoms with Crippen molar-refractivity contribution < 1.29 is 14.4 Å². The van der Waals surface area contributed by atoms with Crippen LogP contribution in [0.15, 0.2) is 4.52 Å². The summed E-state index contributed by atoms with van der Waals surface area (Å²) >= 11 is 0. The fourth-order valence-electron chi connectivity index (χ4n) is 1.69. The molecule has 2 N–H and O–H groups in total. The van der Waals surface area contributed by atoms with Crippen molar-refractivity contribution in [3.8, 4) is 0 Å². The molecule has 1 saturated carbocycles. The van der Waals surface area contributed by atoms with E-state index in [-0.39, 0.29) is 24.4 Å². The van der Waals surface area contributed by atoms with Gasteiger partial charge in [0.25, 0.3) is 11.7 Å². The lowest BCUT2D eigenvalue weighted by Gasteiger charge is -2.15. The van der Waals surface area contributed by atoms with Crippen LogP contribution in [-0.4, -0.2) is 33.8 Å². The van der Waals surface area contributed by atoms with Gasteiger partial charge in [-0.05, 0) is 25.2 Å². The van der Waals surface area contributed by atoms with E-state index in [1.807, 2.05) is 0 Å². The fraction of sp³-hybridized carbons (Fsp3) is 0.700. The molecule has 1 unspecified atom stereocenters. The molecule has 1 fully saturated rings. The lowest BCUT2D eigenvalue weighted by atomic mass is 10.1. The van der Waals surface area contributed by atoms with E-state index >= 15 is 0 Å². The first kappa shape index (κ1) is 11.1. The Kier molecular flexibility index (Phi) is 3.19. The van der Waals surface area contributed by atoms with Crippen LogP contribution in [0.5, 0.6) is 0 Å². The van der Waals surface area contributed by atoms with Crippen molar-refractivity contribution in [1.29, 1.82) is 0 Å². The highest BCUT2D eigenvalue weighted by atomic mass is 16.5. The van der Waals surface area contributed by atoms with Gasteiger partial charge in [-0.2, -0.15) is 4.98 Å². The van der Waals surface area contributed by atoms with Gasteiger partial charge in [0, 0.05) is 19.6 Å². The zero-order valence-electron chi connectivity index (χ0n) is 9.14. The monoisotopic (exact) mass is 225 g/mol. The highest BCUT2D eigenvalue weighted by Crippen LogP contribution is 2.33. The smallest absolute Gasteiger partial charge is 0.292 e. The number of carbonyl (C=O) groups is 1. The predicted octanol–water partition coefficient (Wildman–Crippen LogP) is 0.269. The average molecular weight is 225 g/mol. The number of rotatable bonds is 5. The number of aliphatic hydroxyl groups excluding tert-OH is 1. The summed E-state index contributed by atoms with van der Waals surface area (Å²) in [7, 11) is 0. The van der Waals surface area contributed by atoms with Crippen LogP contribution in [0.25, 0.3) is 0 Å². The number of hydrogen-bond acceptors (Lipinski definition) is 5. The summed E-state index contributed by atoms with van der Waals surface area (Å²) in [6, 6.07) is 0.0244. The lowest BCUT2D eigenvalue weighted by molar-refractivity contribution is 0.0910. The molecule has 88 valence electrons. The van der Waals surface area contributed by atoms with Crippen molar-refractivity contribution in [3.05, 3.63) is 11.7 Å². The zero-order valence-corrected chi connectivity index (χ0v) is 9.14. The minimum absolute atomic E-state index is 0.0244. The van der Waals surface area contributed by atoms with E-state index < -0.39 is 0 Å². The van der Waals surface area contributed by atoms with Gasteiger partial charge in [0.05, 0.1) is 0 Å². The topological polar surface area (TPSA) is 88.2 Å². The van der Waals surface area contributed by atoms with Crippen LogP contribution in [0.3, 0.4) is 0 Å². The molecule has 0 radical (unpaired) electrons. The first-order chi connectivity index (χ1) is 7.70. The second kappa shape index (κ2) is 4.61.